The van der Waals surface area contributed by atoms with Crippen LogP contribution >= 0.6 is 11.3 Å². The third-order valence-corrected chi connectivity index (χ3v) is 3.26. The molecule has 1 fully saturated rings. The smallest absolute Gasteiger partial charge is 0.137 e. The number of nitrogens with zero attached hydrogens (tertiary/aromatic N) is 2. The predicted molar refractivity (Wildman–Crippen MR) is 44.4 cm³/mol. The molecular formula is C7H11N3S. The molecule has 0 amide bonds. The van der Waals surface area contributed by atoms with E-state index >= 15 is 0 Å². The fourth-order valence-electron chi connectivity index (χ4n) is 1.27. The molecule has 2 N–H and O–H groups in total. The van der Waals surface area contributed by atoms with Gasteiger partial charge in [-0.05, 0) is 26.2 Å². The van der Waals surface area contributed by atoms with Crippen LogP contribution in [0.25, 0.3) is 0 Å². The highest BCUT2D eigenvalue weighted by molar-refractivity contribution is 7.11. The summed E-state index contributed by atoms with van der Waals surface area (Å²) < 4.78 is 0. The Morgan fingerprint density at radius 2 is 2.18 bits per heavy atom. The largest absolute Gasteiger partial charge is 0.319 e. The van der Waals surface area contributed by atoms with Gasteiger partial charge in [-0.1, -0.05) is 11.3 Å². The van der Waals surface area contributed by atoms with Crippen LogP contribution in [0.4, 0.5) is 0 Å². The third kappa shape index (κ3) is 1.06. The van der Waals surface area contributed by atoms with Crippen LogP contribution in [-0.4, -0.2) is 10.2 Å². The minimum atomic E-state index is -0.119. The Bertz CT molecular complexity index is 264. The Balaban J connectivity index is 2.28. The Hall–Kier alpha value is -0.480. The van der Waals surface area contributed by atoms with Crippen LogP contribution in [0.5, 0.6) is 0 Å². The summed E-state index contributed by atoms with van der Waals surface area (Å²) in [4.78, 5) is 0. The van der Waals surface area contributed by atoms with E-state index in [0.29, 0.717) is 0 Å². The van der Waals surface area contributed by atoms with E-state index in [4.69, 9.17) is 5.73 Å². The van der Waals surface area contributed by atoms with Crippen LogP contribution in [0.3, 0.4) is 0 Å². The minimum absolute atomic E-state index is 0.119. The molecule has 1 aromatic rings. The first-order chi connectivity index (χ1) is 5.21. The van der Waals surface area contributed by atoms with E-state index in [-0.39, 0.29) is 5.54 Å². The molecule has 1 aliphatic carbocycles. The molecule has 0 aromatic carbocycles. The van der Waals surface area contributed by atoms with E-state index in [1.165, 1.54) is 6.42 Å². The van der Waals surface area contributed by atoms with Crippen LogP contribution < -0.4 is 5.73 Å². The normalized spacial score (nSPS) is 21.3. The van der Waals surface area contributed by atoms with Gasteiger partial charge in [0.25, 0.3) is 0 Å². The Morgan fingerprint density at radius 1 is 1.45 bits per heavy atom. The topological polar surface area (TPSA) is 51.8 Å². The number of aromatic nitrogens is 2. The molecule has 1 aromatic heterocycles. The van der Waals surface area contributed by atoms with Gasteiger partial charge in [0.05, 0.1) is 5.54 Å². The summed E-state index contributed by atoms with van der Waals surface area (Å²) in [6.07, 6.45) is 3.37. The minimum Gasteiger partial charge on any atom is -0.319 e. The highest BCUT2D eigenvalue weighted by Gasteiger charge is 2.37. The van der Waals surface area contributed by atoms with Crippen molar-refractivity contribution >= 4 is 11.3 Å². The van der Waals surface area contributed by atoms with E-state index in [2.05, 4.69) is 10.2 Å². The van der Waals surface area contributed by atoms with Gasteiger partial charge in [0.1, 0.15) is 10.0 Å². The summed E-state index contributed by atoms with van der Waals surface area (Å²) in [5, 5.41) is 10.0. The van der Waals surface area contributed by atoms with Crippen molar-refractivity contribution in [1.82, 2.24) is 10.2 Å². The zero-order valence-electron chi connectivity index (χ0n) is 6.50. The SMILES string of the molecule is Cc1nnc(C2(N)CCC2)s1. The summed E-state index contributed by atoms with van der Waals surface area (Å²) in [7, 11) is 0. The van der Waals surface area contributed by atoms with Crippen molar-refractivity contribution in [1.29, 1.82) is 0 Å². The first-order valence-electron chi connectivity index (χ1n) is 3.80. The Kier molecular flexibility index (Phi) is 1.47. The van der Waals surface area contributed by atoms with Crippen molar-refractivity contribution in [3.63, 3.8) is 0 Å². The molecule has 1 saturated carbocycles. The molecule has 0 aliphatic heterocycles. The van der Waals surface area contributed by atoms with Gasteiger partial charge in [0, 0.05) is 0 Å². The van der Waals surface area contributed by atoms with Gasteiger partial charge in [-0.15, -0.1) is 10.2 Å². The van der Waals surface area contributed by atoms with Crippen LogP contribution in [0, 0.1) is 6.92 Å². The van der Waals surface area contributed by atoms with E-state index in [9.17, 15) is 0 Å². The molecule has 0 atom stereocenters. The average molecular weight is 169 g/mol. The lowest BCUT2D eigenvalue weighted by molar-refractivity contribution is 0.251. The molecule has 60 valence electrons. The fraction of sp³-hybridized carbons (Fsp3) is 0.714. The number of rotatable bonds is 1. The van der Waals surface area contributed by atoms with Crippen molar-refractivity contribution in [2.45, 2.75) is 31.7 Å². The molecule has 1 aliphatic rings. The van der Waals surface area contributed by atoms with Gasteiger partial charge in [0.2, 0.25) is 0 Å². The average Bonchev–Trinajstić information content (AvgIpc) is 2.31. The Labute approximate surface area is 69.6 Å². The van der Waals surface area contributed by atoms with Crippen LogP contribution in [0.1, 0.15) is 29.3 Å². The van der Waals surface area contributed by atoms with E-state index in [1.807, 2.05) is 6.92 Å². The summed E-state index contributed by atoms with van der Waals surface area (Å²) >= 11 is 1.62. The molecule has 2 rings (SSSR count). The highest BCUT2D eigenvalue weighted by Crippen LogP contribution is 2.39. The second-order valence-corrected chi connectivity index (χ2v) is 4.32. The van der Waals surface area contributed by atoms with Gasteiger partial charge >= 0.3 is 0 Å². The number of hydrogen-bond donors (Lipinski definition) is 1. The number of hydrogen-bond acceptors (Lipinski definition) is 4. The molecule has 0 radical (unpaired) electrons. The van der Waals surface area contributed by atoms with Crippen molar-refractivity contribution in [3.8, 4) is 0 Å². The van der Waals surface area contributed by atoms with Gasteiger partial charge in [-0.2, -0.15) is 0 Å². The lowest BCUT2D eigenvalue weighted by Gasteiger charge is -2.35. The van der Waals surface area contributed by atoms with Crippen molar-refractivity contribution < 1.29 is 0 Å². The molecule has 0 spiro atoms. The summed E-state index contributed by atoms with van der Waals surface area (Å²) in [6, 6.07) is 0. The molecule has 0 unspecified atom stereocenters. The molecule has 4 heteroatoms. The van der Waals surface area contributed by atoms with E-state index in [1.54, 1.807) is 11.3 Å². The monoisotopic (exact) mass is 169 g/mol. The molecule has 11 heavy (non-hydrogen) atoms. The summed E-state index contributed by atoms with van der Waals surface area (Å²) in [5.74, 6) is 0. The van der Waals surface area contributed by atoms with Crippen LogP contribution in [-0.2, 0) is 5.54 Å². The zero-order valence-corrected chi connectivity index (χ0v) is 7.32. The second kappa shape index (κ2) is 2.25. The molecular weight excluding hydrogens is 158 g/mol. The summed E-state index contributed by atoms with van der Waals surface area (Å²) in [5.41, 5.74) is 5.93. The molecule has 0 saturated heterocycles. The first-order valence-corrected chi connectivity index (χ1v) is 4.62. The lowest BCUT2D eigenvalue weighted by atomic mass is 9.78. The van der Waals surface area contributed by atoms with Gasteiger partial charge in [0.15, 0.2) is 0 Å². The van der Waals surface area contributed by atoms with Gasteiger partial charge < -0.3 is 5.73 Å². The molecule has 1 heterocycles. The maximum atomic E-state index is 6.05. The quantitative estimate of drug-likeness (QED) is 0.687. The van der Waals surface area contributed by atoms with Crippen LogP contribution in [0.15, 0.2) is 0 Å². The molecule has 3 nitrogen and oxygen atoms in total. The fourth-order valence-corrected chi connectivity index (χ4v) is 2.12. The van der Waals surface area contributed by atoms with Crippen LogP contribution in [0.2, 0.25) is 0 Å². The van der Waals surface area contributed by atoms with Crippen molar-refractivity contribution in [2.75, 3.05) is 0 Å². The predicted octanol–water partition coefficient (Wildman–Crippen LogP) is 1.18. The second-order valence-electron chi connectivity index (χ2n) is 3.14. The van der Waals surface area contributed by atoms with Crippen molar-refractivity contribution in [2.24, 2.45) is 5.73 Å². The van der Waals surface area contributed by atoms with E-state index < -0.39 is 0 Å². The first kappa shape index (κ1) is 7.18. The standard InChI is InChI=1S/C7H11N3S/c1-5-9-10-6(11-5)7(8)3-2-4-7/h2-4,8H2,1H3. The number of nitrogens with two attached hydrogens (primary N) is 1. The van der Waals surface area contributed by atoms with E-state index in [0.717, 1.165) is 22.9 Å². The maximum absolute atomic E-state index is 6.05. The zero-order chi connectivity index (χ0) is 7.90. The van der Waals surface area contributed by atoms with Gasteiger partial charge in [-0.25, -0.2) is 0 Å². The van der Waals surface area contributed by atoms with Gasteiger partial charge in [-0.3, -0.25) is 0 Å². The third-order valence-electron chi connectivity index (χ3n) is 2.20. The van der Waals surface area contributed by atoms with Crippen molar-refractivity contribution in [3.05, 3.63) is 10.0 Å². The molecule has 0 bridgehead atoms. The maximum Gasteiger partial charge on any atom is 0.137 e. The highest BCUT2D eigenvalue weighted by atomic mass is 32.1. The number of aryl methyl sites for hydroxylation is 1. The lowest BCUT2D eigenvalue weighted by Crippen LogP contribution is -2.43. The Morgan fingerprint density at radius 3 is 2.55 bits per heavy atom. The summed E-state index contributed by atoms with van der Waals surface area (Å²) in [6.45, 7) is 1.96.